The minimum absolute atomic E-state index is 0.0477. The molecular weight excluding hydrogens is 482 g/mol. The van der Waals surface area contributed by atoms with Crippen LogP contribution in [0, 0.1) is 6.92 Å². The van der Waals surface area contributed by atoms with Gasteiger partial charge in [-0.25, -0.2) is 15.0 Å². The lowest BCUT2D eigenvalue weighted by atomic mass is 9.96. The van der Waals surface area contributed by atoms with Crippen molar-refractivity contribution in [2.45, 2.75) is 59.4 Å². The molecule has 0 unspecified atom stereocenters. The normalized spacial score (nSPS) is 12.2. The van der Waals surface area contributed by atoms with Gasteiger partial charge in [-0.3, -0.25) is 4.79 Å². The molecule has 2 N–H and O–H groups in total. The van der Waals surface area contributed by atoms with E-state index < -0.39 is 5.91 Å². The third-order valence-corrected chi connectivity index (χ3v) is 6.14. The Kier molecular flexibility index (Phi) is 7.70. The molecule has 0 spiro atoms. The van der Waals surface area contributed by atoms with Gasteiger partial charge in [0, 0.05) is 34.9 Å². The van der Waals surface area contributed by atoms with Gasteiger partial charge in [0.05, 0.1) is 18.8 Å². The number of benzene rings is 1. The van der Waals surface area contributed by atoms with Crippen LogP contribution in [-0.4, -0.2) is 38.1 Å². The van der Waals surface area contributed by atoms with Crippen LogP contribution in [0.15, 0.2) is 47.4 Å². The molecule has 198 valence electrons. The molecule has 4 rings (SSSR count). The van der Waals surface area contributed by atoms with Gasteiger partial charge in [0.15, 0.2) is 5.82 Å². The van der Waals surface area contributed by atoms with E-state index in [1.54, 1.807) is 13.3 Å². The Morgan fingerprint density at radius 2 is 1.87 bits per heavy atom. The quantitative estimate of drug-likeness (QED) is 0.320. The summed E-state index contributed by atoms with van der Waals surface area (Å²) in [6.07, 6.45) is 4.14. The molecule has 0 aliphatic heterocycles. The van der Waals surface area contributed by atoms with Crippen molar-refractivity contribution in [2.24, 2.45) is 0 Å². The molecular formula is C28H33N7O3. The van der Waals surface area contributed by atoms with Gasteiger partial charge in [-0.15, -0.1) is 0 Å². The number of carbonyl (C=O) groups excluding carboxylic acids is 1. The van der Waals surface area contributed by atoms with Crippen LogP contribution in [0.1, 0.15) is 73.9 Å². The van der Waals surface area contributed by atoms with Crippen LogP contribution in [0.2, 0.25) is 0 Å². The Hall–Kier alpha value is -4.34. The molecule has 1 amide bonds. The van der Waals surface area contributed by atoms with Crippen molar-refractivity contribution in [1.82, 2.24) is 30.4 Å². The predicted molar refractivity (Wildman–Crippen MR) is 145 cm³/mol. The second-order valence-electron chi connectivity index (χ2n) is 10.1. The van der Waals surface area contributed by atoms with Crippen LogP contribution in [0.4, 0.5) is 11.6 Å². The Labute approximate surface area is 222 Å². The molecule has 1 atom stereocenters. The fraction of sp³-hybridized carbons (Fsp3) is 0.357. The van der Waals surface area contributed by atoms with Gasteiger partial charge in [0.2, 0.25) is 0 Å². The lowest BCUT2D eigenvalue weighted by Crippen LogP contribution is -2.27. The number of anilines is 2. The maximum Gasteiger partial charge on any atom is 0.315 e. The zero-order valence-corrected chi connectivity index (χ0v) is 22.8. The van der Waals surface area contributed by atoms with Gasteiger partial charge in [-0.1, -0.05) is 45.0 Å². The van der Waals surface area contributed by atoms with E-state index in [4.69, 9.17) is 9.26 Å². The summed E-state index contributed by atoms with van der Waals surface area (Å²) in [6, 6.07) is 9.44. The van der Waals surface area contributed by atoms with Gasteiger partial charge in [-0.2, -0.15) is 4.98 Å². The van der Waals surface area contributed by atoms with Crippen molar-refractivity contribution in [3.05, 3.63) is 71.3 Å². The zero-order chi connectivity index (χ0) is 27.4. The number of aromatic nitrogens is 5. The molecule has 3 aromatic heterocycles. The first-order valence-corrected chi connectivity index (χ1v) is 12.5. The van der Waals surface area contributed by atoms with Gasteiger partial charge < -0.3 is 19.9 Å². The second-order valence-corrected chi connectivity index (χ2v) is 10.1. The Morgan fingerprint density at radius 3 is 2.53 bits per heavy atom. The van der Waals surface area contributed by atoms with Crippen molar-refractivity contribution < 1.29 is 14.1 Å². The standard InChI is InChI=1S/C28H33N7O3/c1-8-18-14-29-24(13-22(18)37-7)33-23-12-21(30-15-31-23)19-9-10-20(16(2)11-19)17(3)32-25(36)26-34-27(35-38-26)28(4,5)6/h9-15,17H,8H2,1-7H3,(H,32,36)(H,29,30,31,33)/t17-/m1/s1. The second kappa shape index (κ2) is 11.0. The number of nitrogens with one attached hydrogen (secondary N) is 2. The monoisotopic (exact) mass is 515 g/mol. The van der Waals surface area contributed by atoms with Crippen molar-refractivity contribution in [3.8, 4) is 17.0 Å². The van der Waals surface area contributed by atoms with Gasteiger partial charge in [-0.05, 0) is 37.5 Å². The number of rotatable bonds is 8. The average molecular weight is 516 g/mol. The zero-order valence-electron chi connectivity index (χ0n) is 22.8. The van der Waals surface area contributed by atoms with Gasteiger partial charge >= 0.3 is 11.8 Å². The van der Waals surface area contributed by atoms with Crippen molar-refractivity contribution in [1.29, 1.82) is 0 Å². The number of aryl methyl sites for hydroxylation is 2. The van der Waals surface area contributed by atoms with E-state index in [9.17, 15) is 4.79 Å². The third kappa shape index (κ3) is 5.96. The molecule has 0 aliphatic carbocycles. The number of ether oxygens (including phenoxy) is 1. The molecule has 0 radical (unpaired) electrons. The minimum atomic E-state index is -0.410. The predicted octanol–water partition coefficient (Wildman–Crippen LogP) is 5.33. The van der Waals surface area contributed by atoms with E-state index in [0.29, 0.717) is 17.5 Å². The summed E-state index contributed by atoms with van der Waals surface area (Å²) in [4.78, 5) is 30.2. The topological polar surface area (TPSA) is 128 Å². The summed E-state index contributed by atoms with van der Waals surface area (Å²) in [7, 11) is 1.65. The van der Waals surface area contributed by atoms with Crippen LogP contribution in [-0.2, 0) is 11.8 Å². The Morgan fingerprint density at radius 1 is 1.11 bits per heavy atom. The Bertz CT molecular complexity index is 1440. The number of carbonyl (C=O) groups is 1. The maximum absolute atomic E-state index is 12.7. The van der Waals surface area contributed by atoms with Crippen LogP contribution >= 0.6 is 0 Å². The minimum Gasteiger partial charge on any atom is -0.496 e. The first kappa shape index (κ1) is 26.7. The molecule has 0 aliphatic rings. The van der Waals surface area contributed by atoms with Crippen LogP contribution in [0.5, 0.6) is 5.75 Å². The molecule has 0 saturated heterocycles. The summed E-state index contributed by atoms with van der Waals surface area (Å²) < 4.78 is 10.6. The molecule has 3 heterocycles. The molecule has 10 nitrogen and oxygen atoms in total. The van der Waals surface area contributed by atoms with E-state index in [2.05, 4.69) is 42.6 Å². The summed E-state index contributed by atoms with van der Waals surface area (Å²) in [6.45, 7) is 11.8. The van der Waals surface area contributed by atoms with Gasteiger partial charge in [0.25, 0.3) is 0 Å². The van der Waals surface area contributed by atoms with Crippen LogP contribution < -0.4 is 15.4 Å². The smallest absolute Gasteiger partial charge is 0.315 e. The summed E-state index contributed by atoms with van der Waals surface area (Å²) in [5.41, 5.74) is 4.39. The molecule has 1 aromatic carbocycles. The summed E-state index contributed by atoms with van der Waals surface area (Å²) in [5, 5.41) is 10.1. The molecule has 0 fully saturated rings. The number of hydrogen-bond acceptors (Lipinski definition) is 9. The highest BCUT2D eigenvalue weighted by atomic mass is 16.5. The maximum atomic E-state index is 12.7. The van der Waals surface area contributed by atoms with Crippen molar-refractivity contribution in [2.75, 3.05) is 12.4 Å². The number of hydrogen-bond donors (Lipinski definition) is 2. The highest BCUT2D eigenvalue weighted by molar-refractivity contribution is 5.89. The van der Waals surface area contributed by atoms with Gasteiger partial charge in [0.1, 0.15) is 23.7 Å². The lowest BCUT2D eigenvalue weighted by Gasteiger charge is -2.16. The third-order valence-electron chi connectivity index (χ3n) is 6.14. The summed E-state index contributed by atoms with van der Waals surface area (Å²) in [5.74, 6) is 2.06. The van der Waals surface area contributed by atoms with Crippen molar-refractivity contribution in [3.63, 3.8) is 0 Å². The number of nitrogens with zero attached hydrogens (tertiary/aromatic N) is 5. The number of methoxy groups -OCH3 is 1. The molecule has 10 heteroatoms. The highest BCUT2D eigenvalue weighted by Gasteiger charge is 2.25. The molecule has 38 heavy (non-hydrogen) atoms. The summed E-state index contributed by atoms with van der Waals surface area (Å²) >= 11 is 0. The lowest BCUT2D eigenvalue weighted by molar-refractivity contribution is 0.0895. The average Bonchev–Trinajstić information content (AvgIpc) is 3.40. The van der Waals surface area contributed by atoms with Crippen LogP contribution in [0.3, 0.4) is 0 Å². The fourth-order valence-corrected chi connectivity index (χ4v) is 3.98. The highest BCUT2D eigenvalue weighted by Crippen LogP contribution is 2.27. The van der Waals surface area contributed by atoms with E-state index in [-0.39, 0.29) is 17.3 Å². The van der Waals surface area contributed by atoms with Crippen molar-refractivity contribution >= 4 is 17.5 Å². The molecule has 0 saturated carbocycles. The first-order valence-electron chi connectivity index (χ1n) is 12.5. The van der Waals surface area contributed by atoms with Crippen LogP contribution in [0.25, 0.3) is 11.3 Å². The largest absolute Gasteiger partial charge is 0.496 e. The number of pyridine rings is 1. The molecule has 4 aromatic rings. The SMILES string of the molecule is CCc1cnc(Nc2cc(-c3ccc([C@@H](C)NC(=O)c4nc(C(C)(C)C)no4)c(C)c3)ncn2)cc1OC. The Balaban J connectivity index is 1.48. The fourth-order valence-electron chi connectivity index (χ4n) is 3.98. The van der Waals surface area contributed by atoms with E-state index in [1.165, 1.54) is 6.33 Å². The number of amides is 1. The van der Waals surface area contributed by atoms with E-state index >= 15 is 0 Å². The van der Waals surface area contributed by atoms with E-state index in [1.807, 2.05) is 65.0 Å². The first-order chi connectivity index (χ1) is 18.1. The molecule has 0 bridgehead atoms. The van der Waals surface area contributed by atoms with E-state index in [0.717, 1.165) is 40.1 Å².